The molecule has 0 saturated carbocycles. The number of carboxylic acids is 1. The van der Waals surface area contributed by atoms with Crippen LogP contribution in [0.15, 0.2) is 66.7 Å². The Kier molecular flexibility index (Phi) is 6.36. The molecule has 4 rings (SSSR count). The quantitative estimate of drug-likeness (QED) is 0.241. The van der Waals surface area contributed by atoms with Crippen LogP contribution in [-0.4, -0.2) is 39.3 Å². The number of ether oxygens (including phenoxy) is 1. The first-order valence-electron chi connectivity index (χ1n) is 10.7. The Morgan fingerprint density at radius 1 is 0.972 bits per heavy atom. The number of nitro groups is 2. The molecule has 0 aliphatic heterocycles. The molecule has 0 fully saturated rings. The number of aliphatic carboxylic acids is 1. The zero-order valence-electron chi connectivity index (χ0n) is 18.6. The highest BCUT2D eigenvalue weighted by Crippen LogP contribution is 2.44. The summed E-state index contributed by atoms with van der Waals surface area (Å²) in [6.07, 6.45) is -1.85. The van der Waals surface area contributed by atoms with Crippen LogP contribution in [0, 0.1) is 20.2 Å². The first-order valence-corrected chi connectivity index (χ1v) is 10.7. The smallest absolute Gasteiger partial charge is 0.409 e. The van der Waals surface area contributed by atoms with E-state index in [2.05, 4.69) is 5.32 Å². The van der Waals surface area contributed by atoms with Crippen molar-refractivity contribution < 1.29 is 29.3 Å². The van der Waals surface area contributed by atoms with Gasteiger partial charge in [-0.2, -0.15) is 0 Å². The molecule has 12 heteroatoms. The van der Waals surface area contributed by atoms with Gasteiger partial charge in [-0.1, -0.05) is 48.5 Å². The van der Waals surface area contributed by atoms with E-state index >= 15 is 0 Å². The van der Waals surface area contributed by atoms with Crippen molar-refractivity contribution in [2.75, 3.05) is 6.61 Å². The number of hydrogen-bond acceptors (Lipinski definition) is 8. The predicted octanol–water partition coefficient (Wildman–Crippen LogP) is 3.32. The number of rotatable bonds is 8. The third-order valence-corrected chi connectivity index (χ3v) is 6.00. The number of fused-ring (bicyclic) bond motifs is 3. The summed E-state index contributed by atoms with van der Waals surface area (Å²) in [4.78, 5) is 45.2. The number of carbonyl (C=O) groups is 2. The molecule has 36 heavy (non-hydrogen) atoms. The Morgan fingerprint density at radius 3 is 2.08 bits per heavy atom. The van der Waals surface area contributed by atoms with Crippen LogP contribution in [0.2, 0.25) is 0 Å². The molecule has 0 aromatic heterocycles. The second kappa shape index (κ2) is 9.43. The predicted molar refractivity (Wildman–Crippen MR) is 126 cm³/mol. The first kappa shape index (κ1) is 24.3. The lowest BCUT2D eigenvalue weighted by Crippen LogP contribution is -2.63. The largest absolute Gasteiger partial charge is 0.478 e. The Hall–Kier alpha value is -4.84. The molecule has 1 amide bonds. The van der Waals surface area contributed by atoms with Gasteiger partial charge in [0.15, 0.2) is 5.66 Å². The number of alkyl carbamates (subject to hydrolysis) is 1. The molecule has 3 aromatic carbocycles. The minimum absolute atomic E-state index is 0.104. The Bertz CT molecular complexity index is 1350. The maximum absolute atomic E-state index is 12.6. The van der Waals surface area contributed by atoms with E-state index in [9.17, 15) is 34.9 Å². The molecule has 1 aliphatic rings. The third kappa shape index (κ3) is 4.57. The van der Waals surface area contributed by atoms with Crippen molar-refractivity contribution >= 4 is 23.4 Å². The van der Waals surface area contributed by atoms with Gasteiger partial charge in [-0.15, -0.1) is 0 Å². The van der Waals surface area contributed by atoms with Gasteiger partial charge in [-0.05, 0) is 28.3 Å². The minimum atomic E-state index is -2.48. The van der Waals surface area contributed by atoms with E-state index in [-0.39, 0.29) is 18.1 Å². The van der Waals surface area contributed by atoms with Gasteiger partial charge >= 0.3 is 12.1 Å². The number of nitrogens with zero attached hydrogens (tertiary/aromatic N) is 2. The molecule has 1 aliphatic carbocycles. The van der Waals surface area contributed by atoms with Crippen molar-refractivity contribution in [1.29, 1.82) is 0 Å². The molecule has 0 bridgehead atoms. The number of hydrogen-bond donors (Lipinski definition) is 3. The SMILES string of the molecule is NC(Cc1ccc([N+](=O)[O-])cc1[N+](=O)[O-])(NC(=O)OCC1c2ccccc2-c2ccccc21)C(=O)O. The second-order valence-electron chi connectivity index (χ2n) is 8.23. The summed E-state index contributed by atoms with van der Waals surface area (Å²) in [5.41, 5.74) is 5.88. The summed E-state index contributed by atoms with van der Waals surface area (Å²) in [6, 6.07) is 18.0. The molecule has 0 saturated heterocycles. The van der Waals surface area contributed by atoms with Gasteiger partial charge in [0, 0.05) is 24.0 Å². The molecule has 0 heterocycles. The van der Waals surface area contributed by atoms with Gasteiger partial charge in [-0.3, -0.25) is 31.3 Å². The standard InChI is InChI=1S/C24H20N4O8/c25-24(22(29)30,12-14-9-10-15(27(32)33)11-21(14)28(34)35)26-23(31)36-13-20-18-7-3-1-5-16(18)17-6-2-4-8-19(17)20/h1-11,20H,12-13,25H2,(H,26,31)(H,29,30). The highest BCUT2D eigenvalue weighted by molar-refractivity contribution is 5.84. The molecule has 4 N–H and O–H groups in total. The van der Waals surface area contributed by atoms with Gasteiger partial charge in [0.1, 0.15) is 6.61 Å². The van der Waals surface area contributed by atoms with Crippen LogP contribution in [0.5, 0.6) is 0 Å². The van der Waals surface area contributed by atoms with Crippen LogP contribution in [0.1, 0.15) is 22.6 Å². The number of non-ortho nitro benzene ring substituents is 1. The van der Waals surface area contributed by atoms with E-state index in [1.54, 1.807) is 0 Å². The highest BCUT2D eigenvalue weighted by Gasteiger charge is 2.39. The van der Waals surface area contributed by atoms with Crippen LogP contribution in [-0.2, 0) is 16.0 Å². The maximum atomic E-state index is 12.6. The zero-order chi connectivity index (χ0) is 26.0. The van der Waals surface area contributed by atoms with Crippen molar-refractivity contribution in [3.8, 4) is 11.1 Å². The molecule has 184 valence electrons. The molecule has 3 aromatic rings. The number of nitrogens with one attached hydrogen (secondary N) is 1. The summed E-state index contributed by atoms with van der Waals surface area (Å²) in [5.74, 6) is -1.96. The van der Waals surface area contributed by atoms with Crippen LogP contribution in [0.4, 0.5) is 16.2 Å². The monoisotopic (exact) mass is 492 g/mol. The highest BCUT2D eigenvalue weighted by atomic mass is 16.6. The molecule has 0 spiro atoms. The normalized spacial score (nSPS) is 13.7. The molecular formula is C24H20N4O8. The average molecular weight is 492 g/mol. The topological polar surface area (TPSA) is 188 Å². The fourth-order valence-electron chi connectivity index (χ4n) is 4.28. The molecule has 12 nitrogen and oxygen atoms in total. The van der Waals surface area contributed by atoms with Gasteiger partial charge < -0.3 is 9.84 Å². The Balaban J connectivity index is 1.52. The lowest BCUT2D eigenvalue weighted by Gasteiger charge is -2.26. The van der Waals surface area contributed by atoms with Crippen LogP contribution in [0.3, 0.4) is 0 Å². The summed E-state index contributed by atoms with van der Waals surface area (Å²) < 4.78 is 5.33. The van der Waals surface area contributed by atoms with E-state index in [1.165, 1.54) is 0 Å². The fraction of sp³-hybridized carbons (Fsp3) is 0.167. The van der Waals surface area contributed by atoms with Gasteiger partial charge in [0.2, 0.25) is 0 Å². The second-order valence-corrected chi connectivity index (χ2v) is 8.23. The van der Waals surface area contributed by atoms with E-state index in [0.29, 0.717) is 6.07 Å². The van der Waals surface area contributed by atoms with Crippen molar-refractivity contribution in [2.45, 2.75) is 18.0 Å². The van der Waals surface area contributed by atoms with Crippen molar-refractivity contribution in [3.05, 3.63) is 104 Å². The molecular weight excluding hydrogens is 472 g/mol. The summed E-state index contributed by atoms with van der Waals surface area (Å²) in [5, 5.41) is 34.1. The first-order chi connectivity index (χ1) is 17.1. The lowest BCUT2D eigenvalue weighted by atomic mass is 9.98. The van der Waals surface area contributed by atoms with E-state index in [1.807, 2.05) is 48.5 Å². The van der Waals surface area contributed by atoms with Crippen molar-refractivity contribution in [2.24, 2.45) is 5.73 Å². The van der Waals surface area contributed by atoms with Crippen LogP contribution in [0.25, 0.3) is 11.1 Å². The average Bonchev–Trinajstić information content (AvgIpc) is 3.16. The molecule has 1 unspecified atom stereocenters. The van der Waals surface area contributed by atoms with Gasteiger partial charge in [0.25, 0.3) is 11.4 Å². The van der Waals surface area contributed by atoms with E-state index < -0.39 is 45.4 Å². The lowest BCUT2D eigenvalue weighted by molar-refractivity contribution is -0.394. The van der Waals surface area contributed by atoms with Crippen LogP contribution < -0.4 is 11.1 Å². The third-order valence-electron chi connectivity index (χ3n) is 6.00. The van der Waals surface area contributed by atoms with E-state index in [4.69, 9.17) is 10.5 Å². The Labute approximate surface area is 203 Å². The minimum Gasteiger partial charge on any atom is -0.478 e. The number of carbonyl (C=O) groups excluding carboxylic acids is 1. The zero-order valence-corrected chi connectivity index (χ0v) is 18.6. The maximum Gasteiger partial charge on any atom is 0.409 e. The summed E-state index contributed by atoms with van der Waals surface area (Å²) >= 11 is 0. The summed E-state index contributed by atoms with van der Waals surface area (Å²) in [7, 11) is 0. The van der Waals surface area contributed by atoms with Crippen molar-refractivity contribution in [3.63, 3.8) is 0 Å². The number of nitro benzene ring substituents is 2. The van der Waals surface area contributed by atoms with Crippen molar-refractivity contribution in [1.82, 2.24) is 5.32 Å². The summed E-state index contributed by atoms with van der Waals surface area (Å²) in [6.45, 7) is -0.104. The van der Waals surface area contributed by atoms with Gasteiger partial charge in [0.05, 0.1) is 15.9 Å². The number of carboxylic acid groups (broad SMARTS) is 1. The number of amides is 1. The molecule has 0 radical (unpaired) electrons. The van der Waals surface area contributed by atoms with Crippen LogP contribution >= 0.6 is 0 Å². The Morgan fingerprint density at radius 2 is 1.56 bits per heavy atom. The number of benzene rings is 3. The fourth-order valence-corrected chi connectivity index (χ4v) is 4.28. The number of nitrogens with two attached hydrogens (primary N) is 1. The van der Waals surface area contributed by atoms with Gasteiger partial charge in [-0.25, -0.2) is 9.59 Å². The molecule has 1 atom stereocenters. The van der Waals surface area contributed by atoms with E-state index in [0.717, 1.165) is 34.4 Å².